The predicted molar refractivity (Wildman–Crippen MR) is 71.6 cm³/mol. The van der Waals surface area contributed by atoms with Crippen LogP contribution in [0.4, 0.5) is 5.82 Å². The van der Waals surface area contributed by atoms with E-state index >= 15 is 0 Å². The molecule has 0 amide bonds. The molecule has 2 heterocycles. The number of rotatable bonds is 3. The topological polar surface area (TPSA) is 56.6 Å². The molecule has 0 spiro atoms. The second-order valence-corrected chi connectivity index (χ2v) is 4.97. The summed E-state index contributed by atoms with van der Waals surface area (Å²) < 4.78 is 0. The molecule has 2 rings (SSSR count). The third-order valence-electron chi connectivity index (χ3n) is 3.63. The Kier molecular flexibility index (Phi) is 4.55. The van der Waals surface area contributed by atoms with Crippen molar-refractivity contribution >= 4 is 5.82 Å². The van der Waals surface area contributed by atoms with Crippen LogP contribution in [0.25, 0.3) is 0 Å². The average Bonchev–Trinajstić information content (AvgIpc) is 2.63. The van der Waals surface area contributed by atoms with Gasteiger partial charge in [-0.05, 0) is 25.8 Å². The molecule has 1 fully saturated rings. The molecule has 4 nitrogen and oxygen atoms in total. The van der Waals surface area contributed by atoms with Gasteiger partial charge in [0.2, 0.25) is 0 Å². The van der Waals surface area contributed by atoms with Crippen molar-refractivity contribution in [3.05, 3.63) is 23.9 Å². The summed E-state index contributed by atoms with van der Waals surface area (Å²) in [4.78, 5) is 6.58. The highest BCUT2D eigenvalue weighted by Gasteiger charge is 2.24. The van der Waals surface area contributed by atoms with Gasteiger partial charge < -0.3 is 15.1 Å². The Labute approximate surface area is 108 Å². The van der Waals surface area contributed by atoms with E-state index in [4.69, 9.17) is 0 Å². The summed E-state index contributed by atoms with van der Waals surface area (Å²) in [6.45, 7) is 2.81. The first-order chi connectivity index (χ1) is 8.74. The molecule has 2 N–H and O–H groups in total. The number of aliphatic hydroxyl groups is 2. The minimum atomic E-state index is -0.531. The van der Waals surface area contributed by atoms with E-state index in [9.17, 15) is 10.2 Å². The van der Waals surface area contributed by atoms with Crippen LogP contribution in [-0.2, 0) is 0 Å². The van der Waals surface area contributed by atoms with Gasteiger partial charge in [0.1, 0.15) is 5.82 Å². The fourth-order valence-corrected chi connectivity index (χ4v) is 2.62. The van der Waals surface area contributed by atoms with Crippen LogP contribution in [0, 0.1) is 0 Å². The molecular weight excluding hydrogens is 228 g/mol. The molecule has 0 aromatic carbocycles. The number of anilines is 1. The maximum atomic E-state index is 9.84. The van der Waals surface area contributed by atoms with Gasteiger partial charge in [0, 0.05) is 18.3 Å². The molecule has 1 aromatic heterocycles. The molecule has 0 saturated carbocycles. The van der Waals surface area contributed by atoms with Crippen molar-refractivity contribution in [3.63, 3.8) is 0 Å². The summed E-state index contributed by atoms with van der Waals surface area (Å²) in [7, 11) is 0. The number of hydrogen-bond acceptors (Lipinski definition) is 4. The summed E-state index contributed by atoms with van der Waals surface area (Å²) in [5.41, 5.74) is 0.845. The first kappa shape index (κ1) is 13.3. The maximum Gasteiger partial charge on any atom is 0.134 e. The Morgan fingerprint density at radius 2 is 2.28 bits per heavy atom. The highest BCUT2D eigenvalue weighted by molar-refractivity contribution is 5.49. The quantitative estimate of drug-likeness (QED) is 0.860. The van der Waals surface area contributed by atoms with E-state index in [0.29, 0.717) is 0 Å². The van der Waals surface area contributed by atoms with Crippen molar-refractivity contribution in [1.82, 2.24) is 4.98 Å². The first-order valence-electron chi connectivity index (χ1n) is 6.74. The summed E-state index contributed by atoms with van der Waals surface area (Å²) in [5.74, 6) is 0.827. The summed E-state index contributed by atoms with van der Waals surface area (Å²) in [6, 6.07) is 3.88. The largest absolute Gasteiger partial charge is 0.394 e. The highest BCUT2D eigenvalue weighted by atomic mass is 16.3. The number of nitrogens with zero attached hydrogens (tertiary/aromatic N) is 2. The van der Waals surface area contributed by atoms with E-state index in [2.05, 4.69) is 9.88 Å². The van der Waals surface area contributed by atoms with Crippen molar-refractivity contribution in [1.29, 1.82) is 0 Å². The highest BCUT2D eigenvalue weighted by Crippen LogP contribution is 2.28. The lowest BCUT2D eigenvalue weighted by molar-refractivity contribution is 0.198. The molecule has 100 valence electrons. The number of hydrogen-bond donors (Lipinski definition) is 2. The first-order valence-corrected chi connectivity index (χ1v) is 6.74. The summed E-state index contributed by atoms with van der Waals surface area (Å²) in [6.07, 6.45) is 5.68. The molecule has 0 radical (unpaired) electrons. The molecule has 1 aromatic rings. The number of aromatic nitrogens is 1. The van der Waals surface area contributed by atoms with Gasteiger partial charge in [0.25, 0.3) is 0 Å². The maximum absolute atomic E-state index is 9.84. The van der Waals surface area contributed by atoms with E-state index in [0.717, 1.165) is 37.2 Å². The van der Waals surface area contributed by atoms with E-state index in [1.54, 1.807) is 13.1 Å². The molecule has 1 saturated heterocycles. The second-order valence-electron chi connectivity index (χ2n) is 4.97. The van der Waals surface area contributed by atoms with Crippen molar-refractivity contribution in [2.75, 3.05) is 18.1 Å². The molecule has 0 bridgehead atoms. The van der Waals surface area contributed by atoms with Crippen LogP contribution in [0.15, 0.2) is 18.3 Å². The minimum Gasteiger partial charge on any atom is -0.394 e. The zero-order chi connectivity index (χ0) is 13.0. The van der Waals surface area contributed by atoms with Gasteiger partial charge in [-0.1, -0.05) is 18.9 Å². The Hall–Kier alpha value is -1.13. The van der Waals surface area contributed by atoms with Gasteiger partial charge in [0.15, 0.2) is 0 Å². The van der Waals surface area contributed by atoms with Gasteiger partial charge in [-0.15, -0.1) is 0 Å². The Morgan fingerprint density at radius 1 is 1.44 bits per heavy atom. The summed E-state index contributed by atoms with van der Waals surface area (Å²) >= 11 is 0. The SMILES string of the molecule is CC(O)c1cccnc1N1CCCCCC1CO. The predicted octanol–water partition coefficient (Wildman–Crippen LogP) is 1.88. The van der Waals surface area contributed by atoms with Crippen LogP contribution in [0.3, 0.4) is 0 Å². The number of aliphatic hydroxyl groups excluding tert-OH is 2. The molecule has 2 unspecified atom stereocenters. The zero-order valence-corrected chi connectivity index (χ0v) is 10.9. The van der Waals surface area contributed by atoms with E-state index in [1.807, 2.05) is 12.1 Å². The molecular formula is C14H22N2O2. The normalized spacial score (nSPS) is 22.6. The lowest BCUT2D eigenvalue weighted by Gasteiger charge is -2.31. The fourth-order valence-electron chi connectivity index (χ4n) is 2.62. The molecule has 18 heavy (non-hydrogen) atoms. The molecule has 0 aliphatic carbocycles. The van der Waals surface area contributed by atoms with Crippen molar-refractivity contribution in [2.45, 2.75) is 44.8 Å². The average molecular weight is 250 g/mol. The van der Waals surface area contributed by atoms with Crippen LogP contribution in [-0.4, -0.2) is 34.4 Å². The standard InChI is InChI=1S/C14H22N2O2/c1-11(18)13-7-5-8-15-14(13)16-9-4-2-3-6-12(16)10-17/h5,7-8,11-12,17-18H,2-4,6,9-10H2,1H3. The van der Waals surface area contributed by atoms with Crippen LogP contribution in [0.2, 0.25) is 0 Å². The third-order valence-corrected chi connectivity index (χ3v) is 3.63. The molecule has 1 aliphatic rings. The van der Waals surface area contributed by atoms with Gasteiger partial charge >= 0.3 is 0 Å². The smallest absolute Gasteiger partial charge is 0.134 e. The van der Waals surface area contributed by atoms with Crippen LogP contribution >= 0.6 is 0 Å². The molecule has 2 atom stereocenters. The lowest BCUT2D eigenvalue weighted by Crippen LogP contribution is -2.38. The van der Waals surface area contributed by atoms with E-state index in [1.165, 1.54) is 6.42 Å². The van der Waals surface area contributed by atoms with Gasteiger partial charge in [-0.2, -0.15) is 0 Å². The van der Waals surface area contributed by atoms with Gasteiger partial charge in [-0.25, -0.2) is 4.98 Å². The van der Waals surface area contributed by atoms with Crippen LogP contribution in [0.1, 0.15) is 44.3 Å². The van der Waals surface area contributed by atoms with Crippen LogP contribution < -0.4 is 4.90 Å². The monoisotopic (exact) mass is 250 g/mol. The molecule has 1 aliphatic heterocycles. The van der Waals surface area contributed by atoms with E-state index in [-0.39, 0.29) is 12.6 Å². The Morgan fingerprint density at radius 3 is 3.00 bits per heavy atom. The van der Waals surface area contributed by atoms with Gasteiger partial charge in [-0.3, -0.25) is 0 Å². The lowest BCUT2D eigenvalue weighted by atomic mass is 10.1. The third kappa shape index (κ3) is 2.82. The second kappa shape index (κ2) is 6.16. The zero-order valence-electron chi connectivity index (χ0n) is 10.9. The Balaban J connectivity index is 2.32. The van der Waals surface area contributed by atoms with Crippen molar-refractivity contribution in [3.8, 4) is 0 Å². The van der Waals surface area contributed by atoms with E-state index < -0.39 is 6.10 Å². The van der Waals surface area contributed by atoms with Crippen molar-refractivity contribution < 1.29 is 10.2 Å². The van der Waals surface area contributed by atoms with Crippen LogP contribution in [0.5, 0.6) is 0 Å². The number of pyridine rings is 1. The Bertz CT molecular complexity index is 382. The summed E-state index contributed by atoms with van der Waals surface area (Å²) in [5, 5.41) is 19.4. The molecule has 4 heteroatoms. The minimum absolute atomic E-state index is 0.125. The van der Waals surface area contributed by atoms with Gasteiger partial charge in [0.05, 0.1) is 18.8 Å². The van der Waals surface area contributed by atoms with Crippen molar-refractivity contribution in [2.24, 2.45) is 0 Å². The fraction of sp³-hybridized carbons (Fsp3) is 0.643.